The van der Waals surface area contributed by atoms with Gasteiger partial charge in [0.1, 0.15) is 22.6 Å². The third kappa shape index (κ3) is 3.03. The molecule has 1 aromatic carbocycles. The summed E-state index contributed by atoms with van der Waals surface area (Å²) in [7, 11) is 0. The molecule has 0 unspecified atom stereocenters. The average Bonchev–Trinajstić information content (AvgIpc) is 3.31. The highest BCUT2D eigenvalue weighted by Crippen LogP contribution is 2.36. The molecule has 0 spiro atoms. The highest BCUT2D eigenvalue weighted by atomic mass is 35.5. The average molecular weight is 392 g/mol. The minimum absolute atomic E-state index is 0.587. The van der Waals surface area contributed by atoms with E-state index in [9.17, 15) is 0 Å². The number of aromatic nitrogens is 4. The predicted molar refractivity (Wildman–Crippen MR) is 110 cm³/mol. The van der Waals surface area contributed by atoms with Crippen molar-refractivity contribution in [3.8, 4) is 11.1 Å². The molecule has 132 valence electrons. The smallest absolute Gasteiger partial charge is 0.139 e. The first-order valence-corrected chi connectivity index (χ1v) is 9.68. The van der Waals surface area contributed by atoms with Crippen LogP contribution in [0.5, 0.6) is 0 Å². The van der Waals surface area contributed by atoms with Gasteiger partial charge in [-0.3, -0.25) is 0 Å². The van der Waals surface area contributed by atoms with Crippen molar-refractivity contribution in [2.24, 2.45) is 0 Å². The Labute approximate surface area is 164 Å². The lowest BCUT2D eigenvalue weighted by atomic mass is 10.1. The summed E-state index contributed by atoms with van der Waals surface area (Å²) in [5, 5.41) is 7.28. The van der Waals surface area contributed by atoms with Crippen LogP contribution in [0.2, 0.25) is 5.02 Å². The molecule has 5 nitrogen and oxygen atoms in total. The molecule has 0 aliphatic carbocycles. The van der Waals surface area contributed by atoms with Crippen molar-refractivity contribution in [1.82, 2.24) is 19.4 Å². The number of benzene rings is 1. The number of nitrogens with zero attached hydrogens (tertiary/aromatic N) is 4. The van der Waals surface area contributed by atoms with Crippen molar-refractivity contribution in [1.29, 1.82) is 0 Å². The highest BCUT2D eigenvalue weighted by Gasteiger charge is 2.13. The number of hydrogen-bond donors (Lipinski definition) is 1. The first-order valence-electron chi connectivity index (χ1n) is 8.42. The quantitative estimate of drug-likeness (QED) is 0.453. The lowest BCUT2D eigenvalue weighted by Gasteiger charge is -2.07. The van der Waals surface area contributed by atoms with Crippen LogP contribution in [0, 0.1) is 0 Å². The van der Waals surface area contributed by atoms with Crippen LogP contribution in [0.1, 0.15) is 5.69 Å². The van der Waals surface area contributed by atoms with E-state index < -0.39 is 0 Å². The Morgan fingerprint density at radius 2 is 1.96 bits per heavy atom. The van der Waals surface area contributed by atoms with Crippen LogP contribution in [-0.4, -0.2) is 19.4 Å². The Kier molecular flexibility index (Phi) is 3.99. The maximum absolute atomic E-state index is 6.03. The number of rotatable bonds is 4. The number of thiophene rings is 1. The van der Waals surface area contributed by atoms with E-state index in [0.29, 0.717) is 6.54 Å². The third-order valence-electron chi connectivity index (χ3n) is 4.38. The molecular formula is C20H14ClN5S. The second-order valence-electron chi connectivity index (χ2n) is 6.11. The molecule has 5 rings (SSSR count). The van der Waals surface area contributed by atoms with Gasteiger partial charge in [0.25, 0.3) is 0 Å². The van der Waals surface area contributed by atoms with Gasteiger partial charge in [0, 0.05) is 28.4 Å². The van der Waals surface area contributed by atoms with Gasteiger partial charge < -0.3 is 9.72 Å². The van der Waals surface area contributed by atoms with Crippen LogP contribution in [-0.2, 0) is 6.54 Å². The van der Waals surface area contributed by atoms with E-state index in [1.54, 1.807) is 17.7 Å². The molecule has 1 N–H and O–H groups in total. The van der Waals surface area contributed by atoms with Crippen molar-refractivity contribution in [3.05, 3.63) is 77.3 Å². The minimum atomic E-state index is 0.587. The highest BCUT2D eigenvalue weighted by molar-refractivity contribution is 7.17. The number of hydrogen-bond acceptors (Lipinski definition) is 5. The van der Waals surface area contributed by atoms with Gasteiger partial charge in [-0.05, 0) is 29.8 Å². The number of halogens is 1. The van der Waals surface area contributed by atoms with Gasteiger partial charge in [-0.1, -0.05) is 29.8 Å². The molecule has 0 bridgehead atoms. The van der Waals surface area contributed by atoms with Crippen LogP contribution >= 0.6 is 22.9 Å². The molecule has 0 aliphatic rings. The van der Waals surface area contributed by atoms with Gasteiger partial charge in [0.15, 0.2) is 0 Å². The van der Waals surface area contributed by atoms with Crippen molar-refractivity contribution in [3.63, 3.8) is 0 Å². The van der Waals surface area contributed by atoms with Crippen LogP contribution < -0.4 is 5.32 Å². The Balaban J connectivity index is 1.51. The fraction of sp³-hybridized carbons (Fsp3) is 0.0500. The van der Waals surface area contributed by atoms with Crippen LogP contribution in [0.25, 0.3) is 27.0 Å². The van der Waals surface area contributed by atoms with E-state index in [-0.39, 0.29) is 0 Å². The van der Waals surface area contributed by atoms with Crippen LogP contribution in [0.15, 0.2) is 66.6 Å². The van der Waals surface area contributed by atoms with E-state index in [4.69, 9.17) is 11.6 Å². The zero-order valence-corrected chi connectivity index (χ0v) is 15.7. The van der Waals surface area contributed by atoms with Crippen LogP contribution in [0.3, 0.4) is 0 Å². The number of anilines is 1. The molecule has 5 aromatic rings. The summed E-state index contributed by atoms with van der Waals surface area (Å²) in [5.41, 5.74) is 4.08. The van der Waals surface area contributed by atoms with Gasteiger partial charge in [0.2, 0.25) is 0 Å². The number of imidazole rings is 1. The zero-order valence-electron chi connectivity index (χ0n) is 14.1. The minimum Gasteiger partial charge on any atom is -0.364 e. The van der Waals surface area contributed by atoms with E-state index in [2.05, 4.69) is 25.6 Å². The molecule has 27 heavy (non-hydrogen) atoms. The van der Waals surface area contributed by atoms with Gasteiger partial charge in [-0.25, -0.2) is 15.0 Å². The second kappa shape index (κ2) is 6.64. The molecule has 0 saturated heterocycles. The maximum atomic E-state index is 6.03. The summed E-state index contributed by atoms with van der Waals surface area (Å²) in [6.07, 6.45) is 5.61. The Morgan fingerprint density at radius 3 is 2.81 bits per heavy atom. The first kappa shape index (κ1) is 16.2. The third-order valence-corrected chi connectivity index (χ3v) is 5.51. The molecule has 4 aromatic heterocycles. The van der Waals surface area contributed by atoms with Crippen LogP contribution in [0.4, 0.5) is 5.82 Å². The first-order chi connectivity index (χ1) is 13.3. The second-order valence-corrected chi connectivity index (χ2v) is 7.41. The molecule has 4 heterocycles. The molecule has 0 saturated carbocycles. The van der Waals surface area contributed by atoms with Gasteiger partial charge in [-0.15, -0.1) is 11.3 Å². The molecule has 7 heteroatoms. The molecule has 0 amide bonds. The normalized spacial score (nSPS) is 11.3. The number of pyridine rings is 1. The van der Waals surface area contributed by atoms with Gasteiger partial charge in [0.05, 0.1) is 17.6 Å². The van der Waals surface area contributed by atoms with Gasteiger partial charge >= 0.3 is 0 Å². The number of fused-ring (bicyclic) bond motifs is 2. The predicted octanol–water partition coefficient (Wildman–Crippen LogP) is 5.27. The molecule has 0 aliphatic heterocycles. The monoisotopic (exact) mass is 391 g/mol. The van der Waals surface area contributed by atoms with E-state index >= 15 is 0 Å². The number of nitrogens with one attached hydrogen (secondary N) is 1. The Hall–Kier alpha value is -2.96. The Bertz CT molecular complexity index is 1210. The standard InChI is InChI=1S/C20H14ClN5S/c21-14-6-4-13(5-7-14)16-11-27-20-18(16)19(23-12-24-20)22-9-15-10-26-8-2-1-3-17(26)25-15/h1-8,10-12H,9H2,(H,22,23,24). The zero-order chi connectivity index (χ0) is 18.2. The van der Waals surface area contributed by atoms with E-state index in [0.717, 1.165) is 43.5 Å². The van der Waals surface area contributed by atoms with E-state index in [1.165, 1.54) is 0 Å². The summed E-state index contributed by atoms with van der Waals surface area (Å²) in [4.78, 5) is 14.5. The van der Waals surface area contributed by atoms with Crippen molar-refractivity contribution < 1.29 is 0 Å². The summed E-state index contributed by atoms with van der Waals surface area (Å²) in [6.45, 7) is 0.587. The lowest BCUT2D eigenvalue weighted by molar-refractivity contribution is 1.06. The van der Waals surface area contributed by atoms with Crippen molar-refractivity contribution >= 4 is 44.6 Å². The van der Waals surface area contributed by atoms with Crippen molar-refractivity contribution in [2.75, 3.05) is 5.32 Å². The lowest BCUT2D eigenvalue weighted by Crippen LogP contribution is -2.02. The molecule has 0 radical (unpaired) electrons. The fourth-order valence-electron chi connectivity index (χ4n) is 3.10. The summed E-state index contributed by atoms with van der Waals surface area (Å²) in [6, 6.07) is 13.8. The molecular weight excluding hydrogens is 378 g/mol. The topological polar surface area (TPSA) is 55.1 Å². The SMILES string of the molecule is Clc1ccc(-c2csc3ncnc(NCc4cn5ccccc5n4)c23)cc1. The molecule has 0 fully saturated rings. The largest absolute Gasteiger partial charge is 0.364 e. The fourth-order valence-corrected chi connectivity index (χ4v) is 4.14. The molecule has 0 atom stereocenters. The van der Waals surface area contributed by atoms with Crippen molar-refractivity contribution in [2.45, 2.75) is 6.54 Å². The summed E-state index contributed by atoms with van der Waals surface area (Å²) >= 11 is 7.64. The maximum Gasteiger partial charge on any atom is 0.139 e. The Morgan fingerprint density at radius 1 is 1.07 bits per heavy atom. The summed E-state index contributed by atoms with van der Waals surface area (Å²) in [5.74, 6) is 0.809. The van der Waals surface area contributed by atoms with Gasteiger partial charge in [-0.2, -0.15) is 0 Å². The summed E-state index contributed by atoms with van der Waals surface area (Å²) < 4.78 is 2.01. The van der Waals surface area contributed by atoms with E-state index in [1.807, 2.05) is 59.3 Å².